The van der Waals surface area contributed by atoms with E-state index in [1.165, 1.54) is 12.5 Å². The second-order valence-electron chi connectivity index (χ2n) is 21.0. The van der Waals surface area contributed by atoms with Crippen LogP contribution in [0.1, 0.15) is 92.4 Å². The highest BCUT2D eigenvalue weighted by Gasteiger charge is 2.68. The van der Waals surface area contributed by atoms with Crippen LogP contribution >= 0.6 is 0 Å². The van der Waals surface area contributed by atoms with E-state index in [0.29, 0.717) is 37.0 Å². The van der Waals surface area contributed by atoms with Gasteiger partial charge in [-0.1, -0.05) is 39.3 Å². The van der Waals surface area contributed by atoms with E-state index in [2.05, 4.69) is 26.8 Å². The summed E-state index contributed by atoms with van der Waals surface area (Å²) in [6.07, 6.45) is -11.5. The lowest BCUT2D eigenvalue weighted by Gasteiger charge is -2.59. The molecule has 0 bridgehead atoms. The second kappa shape index (κ2) is 18.5. The van der Waals surface area contributed by atoms with E-state index >= 15 is 0 Å². The van der Waals surface area contributed by atoms with E-state index in [0.717, 1.165) is 38.5 Å². The van der Waals surface area contributed by atoms with Gasteiger partial charge < -0.3 is 89.3 Å². The van der Waals surface area contributed by atoms with Crippen molar-refractivity contribution in [2.75, 3.05) is 19.8 Å². The van der Waals surface area contributed by atoms with Crippen molar-refractivity contribution in [2.24, 2.45) is 46.3 Å². The van der Waals surface area contributed by atoms with Crippen LogP contribution in [0.5, 0.6) is 0 Å². The van der Waals surface area contributed by atoms with Crippen LogP contribution in [0, 0.1) is 46.3 Å². The molecule has 0 amide bonds. The fourth-order valence-corrected chi connectivity index (χ4v) is 13.5. The number of ether oxygens (including phenoxy) is 7. The molecule has 0 aromatic carbocycles. The number of hydrogen-bond acceptors (Lipinski definition) is 18. The highest BCUT2D eigenvalue weighted by molar-refractivity contribution is 5.26. The first kappa shape index (κ1) is 48.5. The van der Waals surface area contributed by atoms with Crippen LogP contribution in [0.15, 0.2) is 11.6 Å². The predicted octanol–water partition coefficient (Wildman–Crippen LogP) is -0.831. The van der Waals surface area contributed by atoms with Crippen LogP contribution < -0.4 is 0 Å². The van der Waals surface area contributed by atoms with Gasteiger partial charge in [-0.25, -0.2) is 0 Å². The molecule has 0 unspecified atom stereocenters. The molecule has 3 saturated carbocycles. The van der Waals surface area contributed by atoms with Crippen LogP contribution in [0.25, 0.3) is 0 Å². The Balaban J connectivity index is 0.888. The molecule has 362 valence electrons. The summed E-state index contributed by atoms with van der Waals surface area (Å²) >= 11 is 0. The van der Waals surface area contributed by atoms with Crippen molar-refractivity contribution in [3.05, 3.63) is 11.6 Å². The highest BCUT2D eigenvalue weighted by atomic mass is 16.8. The molecule has 18 heteroatoms. The molecular formula is C45H74O18. The van der Waals surface area contributed by atoms with E-state index in [9.17, 15) is 56.2 Å². The maximum Gasteiger partial charge on any atom is 0.187 e. The van der Waals surface area contributed by atoms with Gasteiger partial charge in [0.25, 0.3) is 0 Å². The van der Waals surface area contributed by atoms with Gasteiger partial charge in [-0.2, -0.15) is 0 Å². The van der Waals surface area contributed by atoms with Crippen molar-refractivity contribution in [3.63, 3.8) is 0 Å². The first-order valence-corrected chi connectivity index (χ1v) is 23.4. The minimum atomic E-state index is -1.65. The molecule has 18 nitrogen and oxygen atoms in total. The van der Waals surface area contributed by atoms with Gasteiger partial charge in [-0.15, -0.1) is 0 Å². The van der Waals surface area contributed by atoms with Gasteiger partial charge in [0.1, 0.15) is 67.1 Å². The van der Waals surface area contributed by atoms with Crippen molar-refractivity contribution in [3.8, 4) is 0 Å². The molecule has 0 spiro atoms. The molecule has 8 aliphatic rings. The van der Waals surface area contributed by atoms with Gasteiger partial charge in [-0.3, -0.25) is 0 Å². The maximum atomic E-state index is 12.0. The standard InChI is InChI=1S/C45H74O18/c1-19(18-57-40-37(54)35(52)32(49)28(16-46)60-40)8-13-45(56)20(2)30-27(63-45)15-26-24-7-6-22-14-23(9-11-43(22,4)25(24)10-12-44(26,30)5)59-42-39(36(53)33(50)29(17-47)61-42)62-41-38(55)34(51)31(48)21(3)58-41/h14,19-21,23-42,46-56H,6-13,15-18H2,1-5H3/t19-,20+,21-,23+,24-,25-,26-,27+,28+,29-,30+,31+,32+,33-,34-,35-,36+,37-,38+,39+,40-,41+,42-,43-,44+,45-/m1/s1. The summed E-state index contributed by atoms with van der Waals surface area (Å²) < 4.78 is 42.0. The first-order valence-electron chi connectivity index (χ1n) is 23.4. The Morgan fingerprint density at radius 2 is 1.38 bits per heavy atom. The van der Waals surface area contributed by atoms with Crippen molar-refractivity contribution in [1.29, 1.82) is 0 Å². The Labute approximate surface area is 369 Å². The van der Waals surface area contributed by atoms with Crippen LogP contribution in [0.2, 0.25) is 0 Å². The third kappa shape index (κ3) is 8.51. The summed E-state index contributed by atoms with van der Waals surface area (Å²) in [5, 5.41) is 115. The minimum absolute atomic E-state index is 0.00497. The molecule has 4 aliphatic carbocycles. The molecular weight excluding hydrogens is 828 g/mol. The Morgan fingerprint density at radius 3 is 2.08 bits per heavy atom. The fraction of sp³-hybridized carbons (Fsp3) is 0.956. The lowest BCUT2D eigenvalue weighted by Crippen LogP contribution is -2.64. The zero-order chi connectivity index (χ0) is 45.5. The second-order valence-corrected chi connectivity index (χ2v) is 21.0. The summed E-state index contributed by atoms with van der Waals surface area (Å²) in [5.41, 5.74) is 1.24. The van der Waals surface area contributed by atoms with Crippen LogP contribution in [-0.2, 0) is 33.2 Å². The monoisotopic (exact) mass is 902 g/mol. The molecule has 26 atom stereocenters. The number of fused-ring (bicyclic) bond motifs is 7. The molecule has 0 radical (unpaired) electrons. The summed E-state index contributed by atoms with van der Waals surface area (Å²) in [5.74, 6) is 0.118. The Morgan fingerprint density at radius 1 is 0.730 bits per heavy atom. The van der Waals surface area contributed by atoms with E-state index in [-0.39, 0.29) is 41.3 Å². The smallest absolute Gasteiger partial charge is 0.187 e. The third-order valence-corrected chi connectivity index (χ3v) is 17.4. The third-order valence-electron chi connectivity index (χ3n) is 17.4. The Hall–Kier alpha value is -0.980. The van der Waals surface area contributed by atoms with Crippen LogP contribution in [0.4, 0.5) is 0 Å². The minimum Gasteiger partial charge on any atom is -0.394 e. The van der Waals surface area contributed by atoms with Crippen molar-refractivity contribution in [2.45, 2.75) is 203 Å². The summed E-state index contributed by atoms with van der Waals surface area (Å²) in [6.45, 7) is 9.44. The topological polar surface area (TPSA) is 287 Å². The number of aliphatic hydroxyl groups is 11. The molecule has 4 heterocycles. The number of hydrogen-bond donors (Lipinski definition) is 11. The largest absolute Gasteiger partial charge is 0.394 e. The van der Waals surface area contributed by atoms with E-state index in [1.807, 2.05) is 6.92 Å². The van der Waals surface area contributed by atoms with Crippen LogP contribution in [-0.4, -0.2) is 186 Å². The molecule has 7 fully saturated rings. The van der Waals surface area contributed by atoms with Crippen molar-refractivity contribution >= 4 is 0 Å². The number of aliphatic hydroxyl groups excluding tert-OH is 10. The molecule has 0 aromatic heterocycles. The summed E-state index contributed by atoms with van der Waals surface area (Å²) in [4.78, 5) is 0. The average Bonchev–Trinajstić information content (AvgIpc) is 3.70. The summed E-state index contributed by atoms with van der Waals surface area (Å²) in [7, 11) is 0. The van der Waals surface area contributed by atoms with Gasteiger partial charge in [-0.05, 0) is 98.7 Å². The van der Waals surface area contributed by atoms with E-state index < -0.39 is 117 Å². The lowest BCUT2D eigenvalue weighted by molar-refractivity contribution is -0.368. The van der Waals surface area contributed by atoms with Crippen molar-refractivity contribution in [1.82, 2.24) is 0 Å². The lowest BCUT2D eigenvalue weighted by atomic mass is 9.46. The predicted molar refractivity (Wildman–Crippen MR) is 218 cm³/mol. The van der Waals surface area contributed by atoms with Gasteiger partial charge in [0.05, 0.1) is 38.1 Å². The Kier molecular flexibility index (Phi) is 14.2. The molecule has 63 heavy (non-hydrogen) atoms. The van der Waals surface area contributed by atoms with Gasteiger partial charge in [0.2, 0.25) is 0 Å². The summed E-state index contributed by atoms with van der Waals surface area (Å²) in [6, 6.07) is 0. The van der Waals surface area contributed by atoms with Gasteiger partial charge in [0, 0.05) is 12.3 Å². The molecule has 0 aromatic rings. The fourth-order valence-electron chi connectivity index (χ4n) is 13.5. The highest BCUT2D eigenvalue weighted by Crippen LogP contribution is 2.70. The molecule has 8 rings (SSSR count). The van der Waals surface area contributed by atoms with Crippen molar-refractivity contribution < 1.29 is 89.3 Å². The maximum absolute atomic E-state index is 12.0. The average molecular weight is 903 g/mol. The first-order chi connectivity index (χ1) is 29.8. The molecule has 4 aliphatic heterocycles. The molecule has 4 saturated heterocycles. The van der Waals surface area contributed by atoms with Gasteiger partial charge >= 0.3 is 0 Å². The van der Waals surface area contributed by atoms with E-state index in [4.69, 9.17) is 33.2 Å². The quantitative estimate of drug-likeness (QED) is 0.107. The zero-order valence-electron chi connectivity index (χ0n) is 37.1. The zero-order valence-corrected chi connectivity index (χ0v) is 37.1. The SMILES string of the molecule is C[C@H](CC[C@@]1(O)O[C@H]2C[C@@H]3[C@@H]4CCC5=C[C@@H](O[C@@H]6O[C@H](CO)[C@@H](O)[C@H](O)[C@@H]6O[C@@H]6O[C@H](C)[C@H](O)[C@@H](O)[C@@H]6O)CC[C@@]5(C)[C@@H]4CC[C@]3(C)[C@H]2[C@@H]1C)CO[C@@H]1O[C@@H](CO)[C@H](O)[C@@H](O)[C@H]1O. The van der Waals surface area contributed by atoms with Gasteiger partial charge in [0.15, 0.2) is 24.7 Å². The number of rotatable bonds is 12. The molecule has 11 N–H and O–H groups in total. The van der Waals surface area contributed by atoms with E-state index in [1.54, 1.807) is 0 Å². The normalized spacial score (nSPS) is 55.0. The number of allylic oxidation sites excluding steroid dienone is 1. The Bertz CT molecular complexity index is 1600. The van der Waals surface area contributed by atoms with Crippen LogP contribution in [0.3, 0.4) is 0 Å².